The first-order chi connectivity index (χ1) is 4.75. The molecule has 0 atom stereocenters. The molecule has 54 valence electrons. The first kappa shape index (κ1) is 8.58. The topological polar surface area (TPSA) is 0 Å². The monoisotopic (exact) mass is 314 g/mol. The van der Waals surface area contributed by atoms with Crippen LogP contribution in [-0.2, 0) is 0 Å². The van der Waals surface area contributed by atoms with Crippen LogP contribution in [0.25, 0.3) is 0 Å². The zero-order chi connectivity index (χ0) is 7.56. The Morgan fingerprint density at radius 3 is 2.00 bits per heavy atom. The van der Waals surface area contributed by atoms with Crippen molar-refractivity contribution in [2.45, 2.75) is 13.8 Å². The van der Waals surface area contributed by atoms with Gasteiger partial charge >= 0.3 is 78.3 Å². The van der Waals surface area contributed by atoms with Gasteiger partial charge in [-0.1, -0.05) is 0 Å². The molecule has 0 bridgehead atoms. The average Bonchev–Trinajstić information content (AvgIpc) is 1.88. The predicted octanol–water partition coefficient (Wildman–Crippen LogP) is 1.94. The van der Waals surface area contributed by atoms with Gasteiger partial charge < -0.3 is 0 Å². The van der Waals surface area contributed by atoms with Gasteiger partial charge in [-0.05, 0) is 0 Å². The van der Waals surface area contributed by atoms with Gasteiger partial charge in [0.15, 0.2) is 0 Å². The zero-order valence-corrected chi connectivity index (χ0v) is 9.93. The van der Waals surface area contributed by atoms with E-state index in [1.54, 1.807) is 3.61 Å². The van der Waals surface area contributed by atoms with Gasteiger partial charge in [-0.25, -0.2) is 0 Å². The Labute approximate surface area is 77.9 Å². The number of halogens is 1. The summed E-state index contributed by atoms with van der Waals surface area (Å²) < 4.78 is 1.55. The Morgan fingerprint density at radius 1 is 1.20 bits per heavy atom. The molecule has 0 aromatic heterocycles. The SMILES string of the molecule is Cc1cccc(C)c1[Te]Br. The van der Waals surface area contributed by atoms with Gasteiger partial charge in [-0.3, -0.25) is 0 Å². The van der Waals surface area contributed by atoms with Crippen LogP contribution in [0.1, 0.15) is 11.1 Å². The van der Waals surface area contributed by atoms with Crippen molar-refractivity contribution in [2.24, 2.45) is 0 Å². The molecular weight excluding hydrogens is 304 g/mol. The first-order valence-corrected chi connectivity index (χ1v) is 9.49. The molecule has 0 radical (unpaired) electrons. The van der Waals surface area contributed by atoms with Gasteiger partial charge in [-0.15, -0.1) is 0 Å². The van der Waals surface area contributed by atoms with Crippen LogP contribution in [0, 0.1) is 13.8 Å². The molecule has 2 heteroatoms. The van der Waals surface area contributed by atoms with E-state index in [1.807, 2.05) is 0 Å². The third-order valence-electron chi connectivity index (χ3n) is 1.49. The van der Waals surface area contributed by atoms with E-state index in [0.29, 0.717) is 0 Å². The Bertz CT molecular complexity index is 212. The molecule has 0 saturated heterocycles. The minimum absolute atomic E-state index is 0.0826. The normalized spacial score (nSPS) is 9.90. The van der Waals surface area contributed by atoms with E-state index >= 15 is 0 Å². The maximum atomic E-state index is 3.59. The molecule has 0 saturated carbocycles. The number of hydrogen-bond donors (Lipinski definition) is 0. The molecule has 0 heterocycles. The molecule has 0 aliphatic rings. The molecule has 0 aliphatic carbocycles. The van der Waals surface area contributed by atoms with Crippen LogP contribution < -0.4 is 3.61 Å². The Balaban J connectivity index is 3.17. The number of aryl methyl sites for hydroxylation is 2. The van der Waals surface area contributed by atoms with Crippen molar-refractivity contribution in [3.63, 3.8) is 0 Å². The molecule has 0 N–H and O–H groups in total. The van der Waals surface area contributed by atoms with Gasteiger partial charge in [0, 0.05) is 0 Å². The van der Waals surface area contributed by atoms with Crippen LogP contribution >= 0.6 is 12.8 Å². The van der Waals surface area contributed by atoms with Crippen molar-refractivity contribution in [2.75, 3.05) is 0 Å². The van der Waals surface area contributed by atoms with E-state index in [1.165, 1.54) is 11.1 Å². The summed E-state index contributed by atoms with van der Waals surface area (Å²) in [5, 5.41) is 0. The second kappa shape index (κ2) is 3.76. The molecule has 0 aliphatic heterocycles. The number of benzene rings is 1. The van der Waals surface area contributed by atoms with Gasteiger partial charge in [0.25, 0.3) is 0 Å². The molecular formula is C8H9BrTe. The summed E-state index contributed by atoms with van der Waals surface area (Å²) >= 11 is 3.51. The van der Waals surface area contributed by atoms with Crippen molar-refractivity contribution in [1.82, 2.24) is 0 Å². The predicted molar refractivity (Wildman–Crippen MR) is 50.2 cm³/mol. The summed E-state index contributed by atoms with van der Waals surface area (Å²) in [5.41, 5.74) is 2.86. The van der Waals surface area contributed by atoms with E-state index < -0.39 is 0 Å². The summed E-state index contributed by atoms with van der Waals surface area (Å²) in [6.45, 7) is 4.35. The second-order valence-electron chi connectivity index (χ2n) is 2.30. The van der Waals surface area contributed by atoms with Crippen LogP contribution in [0.4, 0.5) is 0 Å². The molecule has 1 aromatic rings. The molecule has 10 heavy (non-hydrogen) atoms. The summed E-state index contributed by atoms with van der Waals surface area (Å²) in [7, 11) is 0. The van der Waals surface area contributed by atoms with Crippen LogP contribution in [0.3, 0.4) is 0 Å². The molecule has 0 fully saturated rings. The van der Waals surface area contributed by atoms with E-state index in [4.69, 9.17) is 0 Å². The molecule has 0 unspecified atom stereocenters. The Hall–Kier alpha value is 0.490. The van der Waals surface area contributed by atoms with Gasteiger partial charge in [-0.2, -0.15) is 0 Å². The number of hydrogen-bond acceptors (Lipinski definition) is 0. The van der Waals surface area contributed by atoms with Crippen molar-refractivity contribution >= 4 is 35.1 Å². The third-order valence-corrected chi connectivity index (χ3v) is 5.94. The summed E-state index contributed by atoms with van der Waals surface area (Å²) in [5.74, 6) is 0. The second-order valence-corrected chi connectivity index (χ2v) is 6.08. The van der Waals surface area contributed by atoms with Crippen LogP contribution in [-0.4, -0.2) is 18.7 Å². The van der Waals surface area contributed by atoms with Crippen molar-refractivity contribution < 1.29 is 0 Å². The minimum atomic E-state index is -0.0826. The van der Waals surface area contributed by atoms with E-state index in [0.717, 1.165) is 0 Å². The molecule has 0 nitrogen and oxygen atoms in total. The zero-order valence-electron chi connectivity index (χ0n) is 6.02. The van der Waals surface area contributed by atoms with Gasteiger partial charge in [0.1, 0.15) is 0 Å². The summed E-state index contributed by atoms with van der Waals surface area (Å²) in [4.78, 5) is 0. The molecule has 0 amide bonds. The summed E-state index contributed by atoms with van der Waals surface area (Å²) in [6.07, 6.45) is 0. The van der Waals surface area contributed by atoms with E-state index in [-0.39, 0.29) is 18.7 Å². The summed E-state index contributed by atoms with van der Waals surface area (Å²) in [6, 6.07) is 6.46. The molecule has 0 spiro atoms. The van der Waals surface area contributed by atoms with Crippen molar-refractivity contribution in [1.29, 1.82) is 0 Å². The van der Waals surface area contributed by atoms with E-state index in [2.05, 4.69) is 44.8 Å². The Morgan fingerprint density at radius 2 is 1.70 bits per heavy atom. The maximum absolute atomic E-state index is 3.59. The van der Waals surface area contributed by atoms with E-state index in [9.17, 15) is 0 Å². The van der Waals surface area contributed by atoms with Crippen molar-refractivity contribution in [3.8, 4) is 0 Å². The van der Waals surface area contributed by atoms with Crippen LogP contribution in [0.15, 0.2) is 18.2 Å². The van der Waals surface area contributed by atoms with Crippen LogP contribution in [0.2, 0.25) is 0 Å². The molecule has 1 rings (SSSR count). The third kappa shape index (κ3) is 1.75. The molecule has 1 aromatic carbocycles. The standard InChI is InChI=1S/C8H9BrTe/c1-6-4-3-5-7(2)8(6)10-9/h3-5H,1-2H3. The fraction of sp³-hybridized carbons (Fsp3) is 0.250. The van der Waals surface area contributed by atoms with Crippen molar-refractivity contribution in [3.05, 3.63) is 29.3 Å². The van der Waals surface area contributed by atoms with Gasteiger partial charge in [0.05, 0.1) is 0 Å². The number of rotatable bonds is 1. The van der Waals surface area contributed by atoms with Crippen LogP contribution in [0.5, 0.6) is 0 Å². The first-order valence-electron chi connectivity index (χ1n) is 3.10. The van der Waals surface area contributed by atoms with Gasteiger partial charge in [0.2, 0.25) is 0 Å². The fourth-order valence-corrected chi connectivity index (χ4v) is 5.43. The average molecular weight is 313 g/mol. The fourth-order valence-electron chi connectivity index (χ4n) is 0.921. The quantitative estimate of drug-likeness (QED) is 0.695. The Kier molecular flexibility index (Phi) is 3.23.